The summed E-state index contributed by atoms with van der Waals surface area (Å²) in [4.78, 5) is 3.83. The van der Waals surface area contributed by atoms with E-state index >= 15 is 0 Å². The molecule has 0 saturated carbocycles. The molecule has 1 N–H and O–H groups in total. The maximum absolute atomic E-state index is 3.56. The molecule has 0 radical (unpaired) electrons. The molecule has 1 aromatic heterocycles. The summed E-state index contributed by atoms with van der Waals surface area (Å²) in [6, 6.07) is 4.82. The minimum atomic E-state index is 0.542. The van der Waals surface area contributed by atoms with Crippen molar-refractivity contribution < 1.29 is 0 Å². The average molecular weight is 305 g/mol. The van der Waals surface area contributed by atoms with Crippen LogP contribution in [-0.4, -0.2) is 30.6 Å². The van der Waals surface area contributed by atoms with Crippen LogP contribution in [0.2, 0.25) is 0 Å². The number of thiophene rings is 1. The summed E-state index contributed by atoms with van der Waals surface area (Å²) < 4.78 is 1.21. The van der Waals surface area contributed by atoms with Crippen LogP contribution in [0.15, 0.2) is 15.9 Å². The van der Waals surface area contributed by atoms with Crippen molar-refractivity contribution in [1.29, 1.82) is 0 Å². The molecule has 0 bridgehead atoms. The van der Waals surface area contributed by atoms with Gasteiger partial charge in [-0.1, -0.05) is 13.8 Å². The Kier molecular flexibility index (Phi) is 6.58. The van der Waals surface area contributed by atoms with E-state index in [1.807, 2.05) is 0 Å². The third-order valence-electron chi connectivity index (χ3n) is 2.68. The Balaban J connectivity index is 2.26. The number of rotatable bonds is 7. The zero-order valence-electron chi connectivity index (χ0n) is 10.3. The SMILES string of the molecule is CCN(CC)CC(C)NCc1ccc(Br)s1. The highest BCUT2D eigenvalue weighted by Gasteiger charge is 2.06. The summed E-state index contributed by atoms with van der Waals surface area (Å²) in [6.45, 7) is 11.0. The van der Waals surface area contributed by atoms with Gasteiger partial charge in [0.2, 0.25) is 0 Å². The van der Waals surface area contributed by atoms with Crippen molar-refractivity contribution in [2.45, 2.75) is 33.4 Å². The maximum Gasteiger partial charge on any atom is 0.0701 e. The Bertz CT molecular complexity index is 297. The van der Waals surface area contributed by atoms with E-state index in [9.17, 15) is 0 Å². The molecule has 1 rings (SSSR count). The lowest BCUT2D eigenvalue weighted by Crippen LogP contribution is -2.38. The van der Waals surface area contributed by atoms with Gasteiger partial charge in [0.1, 0.15) is 0 Å². The van der Waals surface area contributed by atoms with Gasteiger partial charge in [-0.15, -0.1) is 11.3 Å². The minimum Gasteiger partial charge on any atom is -0.308 e. The lowest BCUT2D eigenvalue weighted by molar-refractivity contribution is 0.271. The van der Waals surface area contributed by atoms with Crippen molar-refractivity contribution in [3.05, 3.63) is 20.8 Å². The molecule has 1 aromatic rings. The van der Waals surface area contributed by atoms with E-state index in [0.717, 1.165) is 26.2 Å². The molecule has 4 heteroatoms. The molecular weight excluding hydrogens is 284 g/mol. The van der Waals surface area contributed by atoms with E-state index in [1.54, 1.807) is 11.3 Å². The number of nitrogens with zero attached hydrogens (tertiary/aromatic N) is 1. The lowest BCUT2D eigenvalue weighted by atomic mass is 10.3. The Morgan fingerprint density at radius 3 is 2.56 bits per heavy atom. The average Bonchev–Trinajstić information content (AvgIpc) is 2.69. The molecular formula is C12H21BrN2S. The second-order valence-electron chi connectivity index (χ2n) is 3.97. The largest absolute Gasteiger partial charge is 0.308 e. The number of halogens is 1. The number of hydrogen-bond acceptors (Lipinski definition) is 3. The Morgan fingerprint density at radius 2 is 2.06 bits per heavy atom. The summed E-state index contributed by atoms with van der Waals surface area (Å²) in [5, 5.41) is 3.56. The van der Waals surface area contributed by atoms with Gasteiger partial charge in [0, 0.05) is 24.0 Å². The Labute approximate surface area is 111 Å². The molecule has 92 valence electrons. The third kappa shape index (κ3) is 4.95. The van der Waals surface area contributed by atoms with Gasteiger partial charge in [0.15, 0.2) is 0 Å². The summed E-state index contributed by atoms with van der Waals surface area (Å²) in [5.74, 6) is 0. The van der Waals surface area contributed by atoms with Crippen molar-refractivity contribution in [3.8, 4) is 0 Å². The number of hydrogen-bond donors (Lipinski definition) is 1. The van der Waals surface area contributed by atoms with Crippen LogP contribution < -0.4 is 5.32 Å². The van der Waals surface area contributed by atoms with E-state index in [1.165, 1.54) is 8.66 Å². The van der Waals surface area contributed by atoms with Gasteiger partial charge in [0.25, 0.3) is 0 Å². The van der Waals surface area contributed by atoms with Crippen molar-refractivity contribution in [3.63, 3.8) is 0 Å². The molecule has 0 aliphatic rings. The van der Waals surface area contributed by atoms with E-state index in [4.69, 9.17) is 0 Å². The van der Waals surface area contributed by atoms with E-state index in [-0.39, 0.29) is 0 Å². The fourth-order valence-electron chi connectivity index (χ4n) is 1.66. The fraction of sp³-hybridized carbons (Fsp3) is 0.667. The highest BCUT2D eigenvalue weighted by molar-refractivity contribution is 9.11. The zero-order valence-corrected chi connectivity index (χ0v) is 12.7. The van der Waals surface area contributed by atoms with Crippen LogP contribution in [0.1, 0.15) is 25.6 Å². The summed E-state index contributed by atoms with van der Waals surface area (Å²) in [5.41, 5.74) is 0. The molecule has 0 saturated heterocycles. The first-order valence-corrected chi connectivity index (χ1v) is 7.46. The van der Waals surface area contributed by atoms with Gasteiger partial charge in [-0.05, 0) is 48.1 Å². The molecule has 0 amide bonds. The summed E-state index contributed by atoms with van der Waals surface area (Å²) >= 11 is 5.29. The fourth-order valence-corrected chi connectivity index (χ4v) is 3.09. The van der Waals surface area contributed by atoms with Crippen LogP contribution in [0.5, 0.6) is 0 Å². The normalized spacial score (nSPS) is 13.3. The second-order valence-corrected chi connectivity index (χ2v) is 6.52. The van der Waals surface area contributed by atoms with E-state index in [0.29, 0.717) is 6.04 Å². The smallest absolute Gasteiger partial charge is 0.0701 e. The zero-order chi connectivity index (χ0) is 12.0. The molecule has 2 nitrogen and oxygen atoms in total. The molecule has 0 fully saturated rings. The highest BCUT2D eigenvalue weighted by atomic mass is 79.9. The third-order valence-corrected chi connectivity index (χ3v) is 4.30. The molecule has 1 heterocycles. The van der Waals surface area contributed by atoms with Crippen molar-refractivity contribution in [2.24, 2.45) is 0 Å². The van der Waals surface area contributed by atoms with Gasteiger partial charge in [-0.25, -0.2) is 0 Å². The second kappa shape index (κ2) is 7.43. The topological polar surface area (TPSA) is 15.3 Å². The van der Waals surface area contributed by atoms with Gasteiger partial charge in [-0.2, -0.15) is 0 Å². The van der Waals surface area contributed by atoms with Crippen LogP contribution in [0.25, 0.3) is 0 Å². The lowest BCUT2D eigenvalue weighted by Gasteiger charge is -2.23. The van der Waals surface area contributed by atoms with E-state index in [2.05, 4.69) is 59.1 Å². The first-order chi connectivity index (χ1) is 7.65. The molecule has 0 aromatic carbocycles. The van der Waals surface area contributed by atoms with Crippen LogP contribution in [0.3, 0.4) is 0 Å². The van der Waals surface area contributed by atoms with Crippen molar-refractivity contribution >= 4 is 27.3 Å². The molecule has 1 atom stereocenters. The first kappa shape index (κ1) is 14.2. The molecule has 0 spiro atoms. The maximum atomic E-state index is 3.56. The predicted molar refractivity (Wildman–Crippen MR) is 76.1 cm³/mol. The molecule has 0 aliphatic heterocycles. The summed E-state index contributed by atoms with van der Waals surface area (Å²) in [7, 11) is 0. The minimum absolute atomic E-state index is 0.542. The Morgan fingerprint density at radius 1 is 1.38 bits per heavy atom. The van der Waals surface area contributed by atoms with Crippen LogP contribution in [0.4, 0.5) is 0 Å². The van der Waals surface area contributed by atoms with Gasteiger partial charge >= 0.3 is 0 Å². The highest BCUT2D eigenvalue weighted by Crippen LogP contribution is 2.21. The van der Waals surface area contributed by atoms with Gasteiger partial charge in [0.05, 0.1) is 3.79 Å². The first-order valence-electron chi connectivity index (χ1n) is 5.85. The standard InChI is InChI=1S/C12H21BrN2S/c1-4-15(5-2)9-10(3)14-8-11-6-7-12(13)16-11/h6-7,10,14H,4-5,8-9H2,1-3H3. The van der Waals surface area contributed by atoms with Crippen LogP contribution in [0, 0.1) is 0 Å². The molecule has 16 heavy (non-hydrogen) atoms. The van der Waals surface area contributed by atoms with Crippen LogP contribution >= 0.6 is 27.3 Å². The number of nitrogens with one attached hydrogen (secondary N) is 1. The van der Waals surface area contributed by atoms with Gasteiger partial charge in [-0.3, -0.25) is 0 Å². The quantitative estimate of drug-likeness (QED) is 0.831. The summed E-state index contributed by atoms with van der Waals surface area (Å²) in [6.07, 6.45) is 0. The monoisotopic (exact) mass is 304 g/mol. The van der Waals surface area contributed by atoms with Crippen LogP contribution in [-0.2, 0) is 6.54 Å². The van der Waals surface area contributed by atoms with Crippen molar-refractivity contribution in [1.82, 2.24) is 10.2 Å². The van der Waals surface area contributed by atoms with Crippen molar-refractivity contribution in [2.75, 3.05) is 19.6 Å². The van der Waals surface area contributed by atoms with E-state index < -0.39 is 0 Å². The molecule has 0 aliphatic carbocycles. The predicted octanol–water partition coefficient (Wildman–Crippen LogP) is 3.33. The molecule has 1 unspecified atom stereocenters. The Hall–Kier alpha value is 0.1000. The van der Waals surface area contributed by atoms with Gasteiger partial charge < -0.3 is 10.2 Å². The number of likely N-dealkylation sites (N-methyl/N-ethyl adjacent to an activating group) is 1.